The van der Waals surface area contributed by atoms with Crippen molar-refractivity contribution < 1.29 is 14.6 Å². The largest absolute Gasteiger partial charge is 0.489 e. The van der Waals surface area contributed by atoms with Crippen LogP contribution in [0.25, 0.3) is 0 Å². The predicted octanol–water partition coefficient (Wildman–Crippen LogP) is 2.24. The summed E-state index contributed by atoms with van der Waals surface area (Å²) in [6, 6.07) is 3.61. The van der Waals surface area contributed by atoms with Gasteiger partial charge in [0.15, 0.2) is 11.5 Å². The average molecular weight is 316 g/mol. The Labute approximate surface area is 115 Å². The van der Waals surface area contributed by atoms with Crippen LogP contribution in [0.4, 0.5) is 0 Å². The second-order valence-corrected chi connectivity index (χ2v) is 6.18. The number of ether oxygens (including phenoxy) is 2. The summed E-state index contributed by atoms with van der Waals surface area (Å²) < 4.78 is 12.3. The highest BCUT2D eigenvalue weighted by Gasteiger charge is 2.27. The number of hydrogen-bond acceptors (Lipinski definition) is 4. The van der Waals surface area contributed by atoms with E-state index in [9.17, 15) is 5.11 Å². The Morgan fingerprint density at radius 1 is 1.39 bits per heavy atom. The van der Waals surface area contributed by atoms with E-state index in [0.29, 0.717) is 24.7 Å². The molecular weight excluding hydrogens is 298 g/mol. The minimum Gasteiger partial charge on any atom is -0.489 e. The number of fused-ring (bicyclic) bond motifs is 1. The normalized spacial score (nSPS) is 19.2. The monoisotopic (exact) mass is 315 g/mol. The Morgan fingerprint density at radius 2 is 2.06 bits per heavy atom. The molecule has 2 rings (SSSR count). The van der Waals surface area contributed by atoms with E-state index in [1.807, 2.05) is 6.07 Å². The lowest BCUT2D eigenvalue weighted by molar-refractivity contribution is 0.140. The Kier molecular flexibility index (Phi) is 3.84. The first-order valence-corrected chi connectivity index (χ1v) is 6.69. The van der Waals surface area contributed by atoms with Crippen molar-refractivity contribution in [2.45, 2.75) is 20.0 Å². The SMILES string of the molecule is CC1(C)COc2cc(C(O)CN)cc(Br)c2OC1. The molecule has 0 bridgehead atoms. The van der Waals surface area contributed by atoms with Gasteiger partial charge >= 0.3 is 0 Å². The van der Waals surface area contributed by atoms with Crippen LogP contribution in [0.1, 0.15) is 25.5 Å². The Hall–Kier alpha value is -0.780. The molecule has 3 N–H and O–H groups in total. The van der Waals surface area contributed by atoms with E-state index in [1.54, 1.807) is 6.07 Å². The third-order valence-corrected chi connectivity index (χ3v) is 3.45. The molecule has 1 aromatic carbocycles. The molecule has 1 heterocycles. The van der Waals surface area contributed by atoms with Crippen LogP contribution in [0.3, 0.4) is 0 Å². The van der Waals surface area contributed by atoms with Crippen LogP contribution in [0.2, 0.25) is 0 Å². The van der Waals surface area contributed by atoms with Crippen LogP contribution in [-0.4, -0.2) is 24.9 Å². The summed E-state index contributed by atoms with van der Waals surface area (Å²) in [6.07, 6.45) is -0.688. The molecule has 1 aliphatic rings. The van der Waals surface area contributed by atoms with Crippen molar-refractivity contribution in [3.63, 3.8) is 0 Å². The molecule has 100 valence electrons. The second-order valence-electron chi connectivity index (χ2n) is 5.32. The molecule has 0 saturated carbocycles. The molecule has 0 aliphatic carbocycles. The minimum absolute atomic E-state index is 0.0366. The molecule has 0 fully saturated rings. The third-order valence-electron chi connectivity index (χ3n) is 2.87. The highest BCUT2D eigenvalue weighted by atomic mass is 79.9. The van der Waals surface area contributed by atoms with E-state index in [-0.39, 0.29) is 12.0 Å². The van der Waals surface area contributed by atoms with E-state index < -0.39 is 6.10 Å². The second kappa shape index (κ2) is 5.07. The number of hydrogen-bond donors (Lipinski definition) is 2. The van der Waals surface area contributed by atoms with Gasteiger partial charge in [0.05, 0.1) is 23.8 Å². The van der Waals surface area contributed by atoms with E-state index in [0.717, 1.165) is 10.0 Å². The van der Waals surface area contributed by atoms with Crippen molar-refractivity contribution >= 4 is 15.9 Å². The molecular formula is C13H18BrNO3. The predicted molar refractivity (Wildman–Crippen MR) is 72.9 cm³/mol. The van der Waals surface area contributed by atoms with Gasteiger partial charge in [-0.15, -0.1) is 0 Å². The molecule has 0 aromatic heterocycles. The number of benzene rings is 1. The summed E-state index contributed by atoms with van der Waals surface area (Å²) in [5.74, 6) is 1.34. The van der Waals surface area contributed by atoms with Gasteiger partial charge in [0.25, 0.3) is 0 Å². The van der Waals surface area contributed by atoms with E-state index in [1.165, 1.54) is 0 Å². The molecule has 0 spiro atoms. The summed E-state index contributed by atoms with van der Waals surface area (Å²) in [6.45, 7) is 5.52. The first kappa shape index (κ1) is 13.6. The summed E-state index contributed by atoms with van der Waals surface area (Å²) in [5, 5.41) is 9.79. The average Bonchev–Trinajstić information content (AvgIpc) is 2.48. The lowest BCUT2D eigenvalue weighted by Gasteiger charge is -2.19. The number of rotatable bonds is 2. The minimum atomic E-state index is -0.688. The first-order chi connectivity index (χ1) is 8.43. The van der Waals surface area contributed by atoms with Gasteiger partial charge in [-0.25, -0.2) is 0 Å². The van der Waals surface area contributed by atoms with Gasteiger partial charge in [-0.05, 0) is 33.6 Å². The quantitative estimate of drug-likeness (QED) is 0.878. The zero-order valence-electron chi connectivity index (χ0n) is 10.6. The third kappa shape index (κ3) is 2.79. The molecule has 4 nitrogen and oxygen atoms in total. The van der Waals surface area contributed by atoms with Gasteiger partial charge in [0.2, 0.25) is 0 Å². The zero-order valence-corrected chi connectivity index (χ0v) is 12.2. The smallest absolute Gasteiger partial charge is 0.175 e. The van der Waals surface area contributed by atoms with E-state index >= 15 is 0 Å². The summed E-state index contributed by atoms with van der Waals surface area (Å²) in [5.41, 5.74) is 6.16. The first-order valence-electron chi connectivity index (χ1n) is 5.90. The van der Waals surface area contributed by atoms with Crippen LogP contribution in [0.15, 0.2) is 16.6 Å². The molecule has 1 aromatic rings. The van der Waals surface area contributed by atoms with Gasteiger partial charge in [0, 0.05) is 12.0 Å². The van der Waals surface area contributed by atoms with Crippen molar-refractivity contribution in [1.82, 2.24) is 0 Å². The maximum Gasteiger partial charge on any atom is 0.175 e. The fourth-order valence-corrected chi connectivity index (χ4v) is 2.32. The van der Waals surface area contributed by atoms with Crippen LogP contribution in [-0.2, 0) is 0 Å². The Morgan fingerprint density at radius 3 is 2.72 bits per heavy atom. The van der Waals surface area contributed by atoms with Crippen LogP contribution >= 0.6 is 15.9 Å². The highest BCUT2D eigenvalue weighted by molar-refractivity contribution is 9.10. The molecule has 1 aliphatic heterocycles. The molecule has 0 amide bonds. The number of aliphatic hydroxyl groups excluding tert-OH is 1. The zero-order chi connectivity index (χ0) is 13.3. The van der Waals surface area contributed by atoms with Crippen molar-refractivity contribution in [3.8, 4) is 11.5 Å². The summed E-state index contributed by atoms with van der Waals surface area (Å²) >= 11 is 3.45. The fraction of sp³-hybridized carbons (Fsp3) is 0.538. The van der Waals surface area contributed by atoms with Crippen molar-refractivity contribution in [1.29, 1.82) is 0 Å². The van der Waals surface area contributed by atoms with Crippen LogP contribution in [0, 0.1) is 5.41 Å². The number of aliphatic hydroxyl groups is 1. The summed E-state index contributed by atoms with van der Waals surface area (Å²) in [7, 11) is 0. The molecule has 18 heavy (non-hydrogen) atoms. The molecule has 1 unspecified atom stereocenters. The van der Waals surface area contributed by atoms with Crippen molar-refractivity contribution in [3.05, 3.63) is 22.2 Å². The molecule has 5 heteroatoms. The molecule has 1 atom stereocenters. The van der Waals surface area contributed by atoms with E-state index in [4.69, 9.17) is 15.2 Å². The van der Waals surface area contributed by atoms with E-state index in [2.05, 4.69) is 29.8 Å². The molecule has 0 radical (unpaired) electrons. The van der Waals surface area contributed by atoms with Crippen molar-refractivity contribution in [2.24, 2.45) is 11.1 Å². The lowest BCUT2D eigenvalue weighted by Crippen LogP contribution is -2.26. The van der Waals surface area contributed by atoms with Crippen molar-refractivity contribution in [2.75, 3.05) is 19.8 Å². The molecule has 0 saturated heterocycles. The Balaban J connectivity index is 2.37. The Bertz CT molecular complexity index is 448. The van der Waals surface area contributed by atoms with Gasteiger partial charge in [-0.3, -0.25) is 0 Å². The fourth-order valence-electron chi connectivity index (χ4n) is 1.75. The van der Waals surface area contributed by atoms with Crippen LogP contribution < -0.4 is 15.2 Å². The number of halogens is 1. The van der Waals surface area contributed by atoms with Gasteiger partial charge in [0.1, 0.15) is 0 Å². The summed E-state index contributed by atoms with van der Waals surface area (Å²) in [4.78, 5) is 0. The number of nitrogens with two attached hydrogens (primary N) is 1. The highest BCUT2D eigenvalue weighted by Crippen LogP contribution is 2.41. The lowest BCUT2D eigenvalue weighted by atomic mass is 9.97. The maximum absolute atomic E-state index is 9.79. The van der Waals surface area contributed by atoms with Crippen LogP contribution in [0.5, 0.6) is 11.5 Å². The van der Waals surface area contributed by atoms with Gasteiger partial charge < -0.3 is 20.3 Å². The van der Waals surface area contributed by atoms with Gasteiger partial charge in [-0.1, -0.05) is 13.8 Å². The standard InChI is InChI=1S/C13H18BrNO3/c1-13(2)6-17-11-4-8(10(16)5-15)3-9(14)12(11)18-7-13/h3-4,10,16H,5-7,15H2,1-2H3. The maximum atomic E-state index is 9.79. The van der Waals surface area contributed by atoms with Gasteiger partial charge in [-0.2, -0.15) is 0 Å². The topological polar surface area (TPSA) is 64.7 Å².